The molecule has 2 saturated heterocycles. The minimum atomic E-state index is -0.937. The van der Waals surface area contributed by atoms with Gasteiger partial charge in [-0.25, -0.2) is 9.97 Å². The summed E-state index contributed by atoms with van der Waals surface area (Å²) in [7, 11) is 2.12. The van der Waals surface area contributed by atoms with Gasteiger partial charge in [0.25, 0.3) is 0 Å². The summed E-state index contributed by atoms with van der Waals surface area (Å²) in [5.74, 6) is 0. The van der Waals surface area contributed by atoms with Crippen molar-refractivity contribution in [3.8, 4) is 11.1 Å². The first-order valence-electron chi connectivity index (χ1n) is 29.6. The molecule has 87 heavy (non-hydrogen) atoms. The zero-order valence-corrected chi connectivity index (χ0v) is 56.9. The normalized spacial score (nSPS) is 12.4. The Morgan fingerprint density at radius 3 is 0.897 bits per heavy atom. The van der Waals surface area contributed by atoms with Gasteiger partial charge in [-0.05, 0) is 186 Å². The van der Waals surface area contributed by atoms with E-state index in [2.05, 4.69) is 223 Å². The van der Waals surface area contributed by atoms with Gasteiger partial charge in [0.05, 0.1) is 34.7 Å². The van der Waals surface area contributed by atoms with Gasteiger partial charge in [0, 0.05) is 40.5 Å². The first kappa shape index (κ1) is 68.1. The zero-order valence-electron chi connectivity index (χ0n) is 51.9. The maximum atomic E-state index is 4.94. The van der Waals surface area contributed by atoms with Gasteiger partial charge in [0.15, 0.2) is 0 Å². The number of imidazole rings is 2. The summed E-state index contributed by atoms with van der Waals surface area (Å²) >= 11 is 0. The summed E-state index contributed by atoms with van der Waals surface area (Å²) in [6.45, 7) is 22.0. The van der Waals surface area contributed by atoms with Gasteiger partial charge in [-0.3, -0.25) is 0 Å². The van der Waals surface area contributed by atoms with E-state index >= 15 is 0 Å². The van der Waals surface area contributed by atoms with Crippen molar-refractivity contribution in [1.29, 1.82) is 0 Å². The number of fused-ring (bicyclic) bond motifs is 4. The van der Waals surface area contributed by atoms with Crippen LogP contribution in [0.3, 0.4) is 0 Å². The predicted molar refractivity (Wildman–Crippen MR) is 364 cm³/mol. The first-order valence-corrected chi connectivity index (χ1v) is 32.3. The molecule has 2 aromatic heterocycles. The fourth-order valence-electron chi connectivity index (χ4n) is 11.8. The average Bonchev–Trinajstić information content (AvgIpc) is 1.24. The second-order valence-electron chi connectivity index (χ2n) is 22.7. The summed E-state index contributed by atoms with van der Waals surface area (Å²) in [5.41, 5.74) is 17.7. The zero-order chi connectivity index (χ0) is 58.7. The third-order valence-corrected chi connectivity index (χ3v) is 20.1. The monoisotopic (exact) mass is 1310 g/mol. The molecule has 0 unspecified atom stereocenters. The first-order chi connectivity index (χ1) is 40.8. The number of para-hydroxylation sites is 4. The minimum absolute atomic E-state index is 0. The van der Waals surface area contributed by atoms with Gasteiger partial charge in [-0.2, -0.15) is 0 Å². The molecular formula is C76H80Cl2N4O2P2Ru. The summed E-state index contributed by atoms with van der Waals surface area (Å²) in [4.78, 5) is 8.36. The molecule has 4 heterocycles. The van der Waals surface area contributed by atoms with E-state index in [1.807, 2.05) is 72.3 Å². The molecule has 0 saturated carbocycles. The Morgan fingerprint density at radius 2 is 0.621 bits per heavy atom. The summed E-state index contributed by atoms with van der Waals surface area (Å²) in [6.07, 6.45) is 8.76. The molecule has 2 fully saturated rings. The molecule has 0 bridgehead atoms. The third kappa shape index (κ3) is 17.1. The fourth-order valence-corrected chi connectivity index (χ4v) is 17.5. The van der Waals surface area contributed by atoms with Crippen molar-refractivity contribution >= 4 is 91.3 Å². The SMILES string of the molecule is C1CCOC1.C1CCOC1.Cc1cc(C)cc(P(c2cc(C)cc(C)c2)c2ccc3ccccc3c2-c2c(P(c3cc(C)cc(C)c3)c3cc(C)cc(C)c3)ccc3ccccc23)c1.Cn1cnc2ccccc21.Cn1cnc2ccccc21.[Cl-].[Cl-].[Ru+2]. The van der Waals surface area contributed by atoms with Crippen molar-refractivity contribution < 1.29 is 53.8 Å². The maximum absolute atomic E-state index is 4.94. The molecule has 0 aliphatic carbocycles. The number of nitrogens with zero attached hydrogens (tertiary/aromatic N) is 4. The van der Waals surface area contributed by atoms with E-state index in [0.717, 1.165) is 37.5 Å². The Kier molecular flexibility index (Phi) is 25.2. The molecule has 0 N–H and O–H groups in total. The third-order valence-electron chi connectivity index (χ3n) is 15.3. The Hall–Kier alpha value is -6.36. The Labute approximate surface area is 544 Å². The van der Waals surface area contributed by atoms with E-state index in [1.165, 1.54) is 146 Å². The molecule has 2 aliphatic rings. The van der Waals surface area contributed by atoms with Crippen molar-refractivity contribution in [2.24, 2.45) is 14.1 Å². The van der Waals surface area contributed by atoms with Crippen LogP contribution in [0.5, 0.6) is 0 Å². The molecular weight excluding hydrogens is 1230 g/mol. The summed E-state index contributed by atoms with van der Waals surface area (Å²) in [5, 5.41) is 13.6. The Bertz CT molecular complexity index is 3760. The van der Waals surface area contributed by atoms with Crippen LogP contribution in [0, 0.1) is 55.4 Å². The predicted octanol–water partition coefficient (Wildman–Crippen LogP) is 10.4. The largest absolute Gasteiger partial charge is 2.00 e. The van der Waals surface area contributed by atoms with Crippen LogP contribution in [0.1, 0.15) is 70.2 Å². The minimum Gasteiger partial charge on any atom is -1.00 e. The summed E-state index contributed by atoms with van der Waals surface area (Å²) < 4.78 is 13.9. The molecule has 6 nitrogen and oxygen atoms in total. The van der Waals surface area contributed by atoms with Crippen LogP contribution in [0.25, 0.3) is 54.7 Å². The molecule has 2 aliphatic heterocycles. The number of ether oxygens (including phenoxy) is 2. The van der Waals surface area contributed by atoms with Crippen molar-refractivity contribution in [1.82, 2.24) is 19.1 Å². The van der Waals surface area contributed by atoms with Crippen LogP contribution in [-0.2, 0) is 43.0 Å². The fraction of sp³-hybridized carbons (Fsp3) is 0.237. The van der Waals surface area contributed by atoms with E-state index in [4.69, 9.17) is 9.47 Å². The van der Waals surface area contributed by atoms with Gasteiger partial charge in [0.2, 0.25) is 0 Å². The van der Waals surface area contributed by atoms with Crippen molar-refractivity contribution in [2.45, 2.75) is 81.1 Å². The second kappa shape index (κ2) is 32.2. The Balaban J connectivity index is 0.000000262. The van der Waals surface area contributed by atoms with Crippen LogP contribution in [0.2, 0.25) is 0 Å². The number of hydrogen-bond donors (Lipinski definition) is 0. The molecule has 10 aromatic carbocycles. The van der Waals surface area contributed by atoms with Gasteiger partial charge in [-0.1, -0.05) is 214 Å². The molecule has 0 radical (unpaired) electrons. The van der Waals surface area contributed by atoms with Crippen LogP contribution < -0.4 is 56.6 Å². The van der Waals surface area contributed by atoms with E-state index in [1.54, 1.807) is 0 Å². The van der Waals surface area contributed by atoms with Gasteiger partial charge >= 0.3 is 19.5 Å². The van der Waals surface area contributed by atoms with Crippen LogP contribution >= 0.6 is 15.8 Å². The smallest absolute Gasteiger partial charge is 1.00 e. The molecule has 12 aromatic rings. The van der Waals surface area contributed by atoms with Crippen molar-refractivity contribution in [2.75, 3.05) is 26.4 Å². The van der Waals surface area contributed by atoms with E-state index in [-0.39, 0.29) is 44.3 Å². The quantitative estimate of drug-likeness (QED) is 0.118. The number of hydrogen-bond acceptors (Lipinski definition) is 4. The van der Waals surface area contributed by atoms with Crippen LogP contribution in [0.4, 0.5) is 0 Å². The topological polar surface area (TPSA) is 54.1 Å². The van der Waals surface area contributed by atoms with Crippen molar-refractivity contribution in [3.63, 3.8) is 0 Å². The number of halogens is 2. The van der Waals surface area contributed by atoms with Crippen LogP contribution in [0.15, 0.2) is 207 Å². The molecule has 11 heteroatoms. The number of rotatable bonds is 7. The molecule has 0 spiro atoms. The molecule has 0 atom stereocenters. The number of benzene rings is 10. The molecule has 14 rings (SSSR count). The van der Waals surface area contributed by atoms with Gasteiger partial charge in [-0.15, -0.1) is 0 Å². The number of aromatic nitrogens is 4. The molecule has 0 amide bonds. The van der Waals surface area contributed by atoms with Crippen molar-refractivity contribution in [3.05, 3.63) is 251 Å². The van der Waals surface area contributed by atoms with Gasteiger partial charge < -0.3 is 43.4 Å². The van der Waals surface area contributed by atoms with E-state index in [9.17, 15) is 0 Å². The molecule has 448 valence electrons. The van der Waals surface area contributed by atoms with Crippen LogP contribution in [-0.4, -0.2) is 45.5 Å². The number of aryl methyl sites for hydroxylation is 10. The average molecular weight is 1320 g/mol. The van der Waals surface area contributed by atoms with E-state index < -0.39 is 15.8 Å². The maximum Gasteiger partial charge on any atom is 2.00 e. The Morgan fingerprint density at radius 1 is 0.345 bits per heavy atom. The van der Waals surface area contributed by atoms with Gasteiger partial charge in [0.1, 0.15) is 0 Å². The van der Waals surface area contributed by atoms with E-state index in [0.29, 0.717) is 0 Å². The summed E-state index contributed by atoms with van der Waals surface area (Å²) in [6, 6.07) is 72.8. The second-order valence-corrected chi connectivity index (χ2v) is 27.1. The standard InChI is InChI=1S/C52H48P2.2C8H8N2.2C4H8O.2ClH.Ru/c1-33-21-34(2)26-43(25-33)53(44-27-35(3)22-36(4)28-44)49-19-17-41-13-9-11-15-47(41)51(49)52-48-16-12-10-14-42(48)18-20-50(52)54(45-29-37(5)23-38(6)30-45)46-31-39(7)24-40(8)32-46;2*1-10-6-9-7-4-2-3-5-8(7)10;2*1-2-4-5-3-1;;;/h9-32H,1-8H3;2*2-6H,1H3;2*1-4H2;2*1H;/q;;;;;;;+2/p-2.